The number of hydrogen-bond acceptors (Lipinski definition) is 2. The molecule has 0 aromatic heterocycles. The van der Waals surface area contributed by atoms with Gasteiger partial charge in [0, 0.05) is 0 Å². The Hall–Kier alpha value is -3.23. The van der Waals surface area contributed by atoms with Gasteiger partial charge in [0.15, 0.2) is 5.78 Å². The van der Waals surface area contributed by atoms with Crippen molar-refractivity contribution in [2.24, 2.45) is 28.6 Å². The average molecular weight is 557 g/mol. The second kappa shape index (κ2) is 10.5. The minimum absolute atomic E-state index is 0.0651. The van der Waals surface area contributed by atoms with Crippen LogP contribution in [0.5, 0.6) is 0 Å². The molecule has 2 nitrogen and oxygen atoms in total. The zero-order valence-electron chi connectivity index (χ0n) is 25.4. The molecular formula is C40H44O2. The molecule has 3 aromatic carbocycles. The molecule has 4 aliphatic rings. The summed E-state index contributed by atoms with van der Waals surface area (Å²) in [6.07, 6.45) is 12.8. The Bertz CT molecular complexity index is 1410. The third-order valence-corrected chi connectivity index (χ3v) is 11.9. The number of carbonyl (C=O) groups is 1. The molecule has 0 amide bonds. The Labute approximate surface area is 251 Å². The van der Waals surface area contributed by atoms with Crippen LogP contribution in [0.4, 0.5) is 0 Å². The molecule has 0 heterocycles. The minimum Gasteiger partial charge on any atom is -0.357 e. The van der Waals surface area contributed by atoms with Crippen molar-refractivity contribution in [1.82, 2.24) is 0 Å². The van der Waals surface area contributed by atoms with Gasteiger partial charge in [-0.25, -0.2) is 0 Å². The summed E-state index contributed by atoms with van der Waals surface area (Å²) in [5.74, 6) is 2.24. The van der Waals surface area contributed by atoms with Crippen molar-refractivity contribution in [2.75, 3.05) is 0 Å². The van der Waals surface area contributed by atoms with Gasteiger partial charge in [0.25, 0.3) is 0 Å². The van der Waals surface area contributed by atoms with E-state index in [0.29, 0.717) is 17.8 Å². The highest BCUT2D eigenvalue weighted by molar-refractivity contribution is 5.95. The maximum absolute atomic E-state index is 12.5. The van der Waals surface area contributed by atoms with Gasteiger partial charge in [-0.15, -0.1) is 0 Å². The van der Waals surface area contributed by atoms with Crippen LogP contribution < -0.4 is 0 Å². The summed E-state index contributed by atoms with van der Waals surface area (Å²) in [5.41, 5.74) is 5.87. The molecule has 4 aliphatic carbocycles. The fourth-order valence-electron chi connectivity index (χ4n) is 9.81. The molecule has 3 aromatic rings. The van der Waals surface area contributed by atoms with Gasteiger partial charge in [-0.1, -0.05) is 123 Å². The molecule has 0 N–H and O–H groups in total. The summed E-state index contributed by atoms with van der Waals surface area (Å²) in [4.78, 5) is 12.5. The van der Waals surface area contributed by atoms with Crippen LogP contribution in [-0.2, 0) is 15.1 Å². The minimum atomic E-state index is -0.675. The van der Waals surface area contributed by atoms with Crippen LogP contribution in [0.3, 0.4) is 0 Å². The van der Waals surface area contributed by atoms with E-state index in [4.69, 9.17) is 4.74 Å². The van der Waals surface area contributed by atoms with E-state index in [0.717, 1.165) is 44.1 Å². The lowest BCUT2D eigenvalue weighted by atomic mass is 9.47. The number of rotatable bonds is 6. The van der Waals surface area contributed by atoms with E-state index < -0.39 is 5.60 Å². The van der Waals surface area contributed by atoms with Gasteiger partial charge in [0.1, 0.15) is 5.60 Å². The third kappa shape index (κ3) is 4.21. The molecule has 0 bridgehead atoms. The number of ether oxygens (including phenoxy) is 1. The average Bonchev–Trinajstić information content (AvgIpc) is 3.39. The molecule has 7 rings (SSSR count). The van der Waals surface area contributed by atoms with Crippen LogP contribution in [-0.4, -0.2) is 11.9 Å². The largest absolute Gasteiger partial charge is 0.357 e. The van der Waals surface area contributed by atoms with Crippen LogP contribution in [0.2, 0.25) is 0 Å². The molecule has 0 spiro atoms. The van der Waals surface area contributed by atoms with Crippen LogP contribution in [0, 0.1) is 28.6 Å². The highest BCUT2D eigenvalue weighted by atomic mass is 16.5. The van der Waals surface area contributed by atoms with Crippen molar-refractivity contribution in [1.29, 1.82) is 0 Å². The molecule has 2 saturated carbocycles. The van der Waals surface area contributed by atoms with Crippen molar-refractivity contribution in [3.8, 4) is 0 Å². The highest BCUT2D eigenvalue weighted by Crippen LogP contribution is 2.65. The van der Waals surface area contributed by atoms with Crippen LogP contribution >= 0.6 is 0 Å². The van der Waals surface area contributed by atoms with Gasteiger partial charge < -0.3 is 4.74 Å². The molecule has 2 heteroatoms. The molecular weight excluding hydrogens is 512 g/mol. The molecule has 6 atom stereocenters. The van der Waals surface area contributed by atoms with Gasteiger partial charge in [-0.2, -0.15) is 0 Å². The second-order valence-electron chi connectivity index (χ2n) is 13.9. The van der Waals surface area contributed by atoms with Crippen molar-refractivity contribution in [3.05, 3.63) is 131 Å². The van der Waals surface area contributed by atoms with E-state index in [1.165, 1.54) is 23.1 Å². The monoisotopic (exact) mass is 556 g/mol. The van der Waals surface area contributed by atoms with Crippen molar-refractivity contribution < 1.29 is 9.53 Å². The lowest BCUT2D eigenvalue weighted by Gasteiger charge is -2.58. The Morgan fingerprint density at radius 1 is 0.714 bits per heavy atom. The fourth-order valence-corrected chi connectivity index (χ4v) is 9.81. The summed E-state index contributed by atoms with van der Waals surface area (Å²) < 4.78 is 7.51. The van der Waals surface area contributed by atoms with E-state index >= 15 is 0 Å². The summed E-state index contributed by atoms with van der Waals surface area (Å²) in [6.45, 7) is 6.71. The zero-order chi connectivity index (χ0) is 29.0. The van der Waals surface area contributed by atoms with Gasteiger partial charge in [-0.05, 0) is 103 Å². The number of carbonyl (C=O) groups excluding carboxylic acids is 1. The summed E-state index contributed by atoms with van der Waals surface area (Å²) in [7, 11) is 0. The Morgan fingerprint density at radius 2 is 1.26 bits per heavy atom. The Kier molecular flexibility index (Phi) is 6.89. The molecule has 0 saturated heterocycles. The van der Waals surface area contributed by atoms with Crippen molar-refractivity contribution >= 4 is 5.78 Å². The second-order valence-corrected chi connectivity index (χ2v) is 13.9. The smallest absolute Gasteiger partial charge is 0.156 e. The topological polar surface area (TPSA) is 26.3 Å². The highest BCUT2D eigenvalue weighted by Gasteiger charge is 2.57. The van der Waals surface area contributed by atoms with Gasteiger partial charge in [0.2, 0.25) is 0 Å². The zero-order valence-corrected chi connectivity index (χ0v) is 25.4. The molecule has 42 heavy (non-hydrogen) atoms. The van der Waals surface area contributed by atoms with E-state index in [-0.39, 0.29) is 22.7 Å². The Balaban J connectivity index is 1.22. The van der Waals surface area contributed by atoms with Gasteiger partial charge in [0.05, 0.1) is 6.10 Å². The molecule has 216 valence electrons. The maximum Gasteiger partial charge on any atom is 0.156 e. The number of fused-ring (bicyclic) bond motifs is 5. The van der Waals surface area contributed by atoms with Crippen LogP contribution in [0.15, 0.2) is 114 Å². The van der Waals surface area contributed by atoms with E-state index in [1.807, 2.05) is 0 Å². The van der Waals surface area contributed by atoms with E-state index in [2.05, 4.69) is 117 Å². The normalized spacial score (nSPS) is 32.2. The first-order valence-corrected chi connectivity index (χ1v) is 16.1. The third-order valence-electron chi connectivity index (χ3n) is 11.9. The first kappa shape index (κ1) is 27.6. The number of hydrogen-bond donors (Lipinski definition) is 0. The van der Waals surface area contributed by atoms with Crippen LogP contribution in [0.25, 0.3) is 0 Å². The molecule has 6 unspecified atom stereocenters. The van der Waals surface area contributed by atoms with Crippen molar-refractivity contribution in [2.45, 2.75) is 77.4 Å². The van der Waals surface area contributed by atoms with Crippen molar-refractivity contribution in [3.63, 3.8) is 0 Å². The fraction of sp³-hybridized carbons (Fsp3) is 0.425. The van der Waals surface area contributed by atoms with E-state index in [1.54, 1.807) is 12.5 Å². The summed E-state index contributed by atoms with van der Waals surface area (Å²) in [6, 6.07) is 32.4. The first-order valence-electron chi connectivity index (χ1n) is 16.1. The van der Waals surface area contributed by atoms with Gasteiger partial charge in [-0.3, -0.25) is 4.79 Å². The quantitative estimate of drug-likeness (QED) is 0.223. The number of Topliss-reactive ketones (excluding diaryl/α,β-unsaturated/α-hetero) is 1. The molecule has 0 aliphatic heterocycles. The summed E-state index contributed by atoms with van der Waals surface area (Å²) in [5, 5.41) is 0. The SMILES string of the molecule is CC(=O)C1=CCC2C3CC=C4CC(OC(c5ccccc5)(c5ccccc5)c5ccccc5)CCC4(C)C3CCC12C. The summed E-state index contributed by atoms with van der Waals surface area (Å²) >= 11 is 0. The first-order chi connectivity index (χ1) is 20.4. The predicted octanol–water partition coefficient (Wildman–Crippen LogP) is 9.45. The number of ketones is 1. The predicted molar refractivity (Wildman–Crippen MR) is 170 cm³/mol. The van der Waals surface area contributed by atoms with Gasteiger partial charge >= 0.3 is 0 Å². The van der Waals surface area contributed by atoms with Crippen LogP contribution in [0.1, 0.15) is 82.4 Å². The molecule has 0 radical (unpaired) electrons. The Morgan fingerprint density at radius 3 is 1.81 bits per heavy atom. The lowest BCUT2D eigenvalue weighted by Crippen LogP contribution is -2.51. The molecule has 2 fully saturated rings. The standard InChI is InChI=1S/C40H44O2/c1-28(41)35-21-22-36-34-20-19-32-27-33(23-25-38(32,2)37(34)24-26-39(35,36)3)42-40(29-13-7-4-8-14-29,30-15-9-5-10-16-30)31-17-11-6-12-18-31/h4-19,21,33-34,36-37H,20,22-27H2,1-3H3. The number of benzene rings is 3. The lowest BCUT2D eigenvalue weighted by molar-refractivity contribution is -0.116. The van der Waals surface area contributed by atoms with E-state index in [9.17, 15) is 4.79 Å². The maximum atomic E-state index is 12.5. The number of allylic oxidation sites excluding steroid dienone is 3.